The van der Waals surface area contributed by atoms with Crippen molar-refractivity contribution in [3.8, 4) is 0 Å². The van der Waals surface area contributed by atoms with Crippen molar-refractivity contribution in [1.29, 1.82) is 0 Å². The first-order valence-corrected chi connectivity index (χ1v) is 7.62. The van der Waals surface area contributed by atoms with E-state index in [-0.39, 0.29) is 18.8 Å². The Kier molecular flexibility index (Phi) is 9.61. The zero-order valence-corrected chi connectivity index (χ0v) is 13.9. The Morgan fingerprint density at radius 1 is 1.14 bits per heavy atom. The summed E-state index contributed by atoms with van der Waals surface area (Å²) >= 11 is 0. The predicted octanol–water partition coefficient (Wildman–Crippen LogP) is 2.52. The second-order valence-corrected chi connectivity index (χ2v) is 5.80. The van der Waals surface area contributed by atoms with Gasteiger partial charge >= 0.3 is 11.9 Å². The Morgan fingerprint density at radius 3 is 2.18 bits per heavy atom. The SMILES string of the molecule is C=C(C)C(=O)OC(=O)C(C)=CCCC(CO)(CO)CCCC. The first-order valence-electron chi connectivity index (χ1n) is 7.62. The molecule has 0 saturated carbocycles. The Balaban J connectivity index is 4.57. The zero-order valence-electron chi connectivity index (χ0n) is 13.9. The molecule has 0 aliphatic carbocycles. The summed E-state index contributed by atoms with van der Waals surface area (Å²) in [6.45, 7) is 8.33. The van der Waals surface area contributed by atoms with Crippen LogP contribution in [0.25, 0.3) is 0 Å². The quantitative estimate of drug-likeness (QED) is 0.368. The highest BCUT2D eigenvalue weighted by Gasteiger charge is 2.27. The molecular weight excluding hydrogens is 284 g/mol. The molecule has 0 aliphatic heterocycles. The van der Waals surface area contributed by atoms with Crippen LogP contribution in [-0.4, -0.2) is 35.4 Å². The summed E-state index contributed by atoms with van der Waals surface area (Å²) in [5.41, 5.74) is -0.0281. The number of aliphatic hydroxyl groups excluding tert-OH is 2. The molecule has 0 saturated heterocycles. The molecule has 0 aromatic rings. The summed E-state index contributed by atoms with van der Waals surface area (Å²) in [6.07, 6.45) is 5.42. The molecule has 0 spiro atoms. The third kappa shape index (κ3) is 7.00. The molecule has 0 rings (SSSR count). The van der Waals surface area contributed by atoms with E-state index in [1.807, 2.05) is 0 Å². The van der Waals surface area contributed by atoms with Crippen LogP contribution in [-0.2, 0) is 14.3 Å². The van der Waals surface area contributed by atoms with Crippen LogP contribution in [0.4, 0.5) is 0 Å². The highest BCUT2D eigenvalue weighted by molar-refractivity contribution is 6.00. The van der Waals surface area contributed by atoms with Crippen LogP contribution in [0, 0.1) is 5.41 Å². The Morgan fingerprint density at radius 2 is 1.73 bits per heavy atom. The summed E-state index contributed by atoms with van der Waals surface area (Å²) in [5.74, 6) is -1.43. The number of rotatable bonds is 10. The highest BCUT2D eigenvalue weighted by atomic mass is 16.6. The van der Waals surface area contributed by atoms with Gasteiger partial charge in [0.15, 0.2) is 0 Å². The van der Waals surface area contributed by atoms with Gasteiger partial charge in [-0.15, -0.1) is 0 Å². The molecule has 5 nitrogen and oxygen atoms in total. The lowest BCUT2D eigenvalue weighted by atomic mass is 9.80. The van der Waals surface area contributed by atoms with Gasteiger partial charge in [0.25, 0.3) is 0 Å². The van der Waals surface area contributed by atoms with E-state index in [0.717, 1.165) is 19.3 Å². The molecule has 0 aromatic heterocycles. The van der Waals surface area contributed by atoms with Gasteiger partial charge in [-0.3, -0.25) is 0 Å². The van der Waals surface area contributed by atoms with Crippen molar-refractivity contribution >= 4 is 11.9 Å². The van der Waals surface area contributed by atoms with Gasteiger partial charge in [0.2, 0.25) is 0 Å². The Hall–Kier alpha value is -1.46. The van der Waals surface area contributed by atoms with Crippen molar-refractivity contribution in [1.82, 2.24) is 0 Å². The Bertz CT molecular complexity index is 419. The van der Waals surface area contributed by atoms with E-state index in [0.29, 0.717) is 18.4 Å². The number of hydrogen-bond acceptors (Lipinski definition) is 5. The van der Waals surface area contributed by atoms with Crippen LogP contribution in [0.5, 0.6) is 0 Å². The average Bonchev–Trinajstić information content (AvgIpc) is 2.50. The van der Waals surface area contributed by atoms with Crippen LogP contribution in [0.15, 0.2) is 23.8 Å². The lowest BCUT2D eigenvalue weighted by Gasteiger charge is -2.29. The van der Waals surface area contributed by atoms with Crippen molar-refractivity contribution < 1.29 is 24.5 Å². The monoisotopic (exact) mass is 312 g/mol. The molecule has 22 heavy (non-hydrogen) atoms. The van der Waals surface area contributed by atoms with Gasteiger partial charge in [-0.05, 0) is 33.1 Å². The number of carbonyl (C=O) groups is 2. The van der Waals surface area contributed by atoms with Crippen LogP contribution in [0.2, 0.25) is 0 Å². The topological polar surface area (TPSA) is 83.8 Å². The normalized spacial score (nSPS) is 12.1. The fourth-order valence-electron chi connectivity index (χ4n) is 1.97. The predicted molar refractivity (Wildman–Crippen MR) is 85.0 cm³/mol. The summed E-state index contributed by atoms with van der Waals surface area (Å²) in [7, 11) is 0. The standard InChI is InChI=1S/C17H28O5/c1-5-6-9-17(11-18,12-19)10-7-8-14(4)16(21)22-15(20)13(2)3/h8,18-19H,2,5-7,9-12H2,1,3-4H3. The van der Waals surface area contributed by atoms with Gasteiger partial charge < -0.3 is 14.9 Å². The maximum Gasteiger partial charge on any atom is 0.341 e. The van der Waals surface area contributed by atoms with Crippen molar-refractivity contribution in [2.24, 2.45) is 5.41 Å². The number of carbonyl (C=O) groups excluding carboxylic acids is 2. The highest BCUT2D eigenvalue weighted by Crippen LogP contribution is 2.29. The minimum absolute atomic E-state index is 0.0883. The van der Waals surface area contributed by atoms with Crippen molar-refractivity contribution in [2.45, 2.75) is 52.9 Å². The molecule has 0 radical (unpaired) electrons. The molecule has 0 bridgehead atoms. The molecule has 0 aromatic carbocycles. The van der Waals surface area contributed by atoms with Crippen LogP contribution in [0.1, 0.15) is 52.9 Å². The van der Waals surface area contributed by atoms with Crippen molar-refractivity contribution in [3.63, 3.8) is 0 Å². The molecule has 0 unspecified atom stereocenters. The van der Waals surface area contributed by atoms with Crippen LogP contribution >= 0.6 is 0 Å². The van der Waals surface area contributed by atoms with E-state index < -0.39 is 17.4 Å². The van der Waals surface area contributed by atoms with Gasteiger partial charge in [0, 0.05) is 16.6 Å². The maximum atomic E-state index is 11.7. The molecule has 0 atom stereocenters. The van der Waals surface area contributed by atoms with Crippen LogP contribution < -0.4 is 0 Å². The van der Waals surface area contributed by atoms with Gasteiger partial charge in [-0.2, -0.15) is 0 Å². The maximum absolute atomic E-state index is 11.7. The van der Waals surface area contributed by atoms with E-state index in [1.165, 1.54) is 6.92 Å². The Labute approximate surface area is 132 Å². The van der Waals surface area contributed by atoms with E-state index in [4.69, 9.17) is 0 Å². The number of hydrogen-bond donors (Lipinski definition) is 2. The molecule has 0 fully saturated rings. The number of aliphatic hydroxyl groups is 2. The average molecular weight is 312 g/mol. The summed E-state index contributed by atoms with van der Waals surface area (Å²) in [6, 6.07) is 0. The smallest absolute Gasteiger partial charge is 0.341 e. The van der Waals surface area contributed by atoms with E-state index in [9.17, 15) is 19.8 Å². The number of ether oxygens (including phenoxy) is 1. The summed E-state index contributed by atoms with van der Waals surface area (Å²) in [5, 5.41) is 19.1. The van der Waals surface area contributed by atoms with Crippen molar-refractivity contribution in [3.05, 3.63) is 23.8 Å². The van der Waals surface area contributed by atoms with E-state index in [2.05, 4.69) is 18.2 Å². The minimum Gasteiger partial charge on any atom is -0.396 e. The fraction of sp³-hybridized carbons (Fsp3) is 0.647. The van der Waals surface area contributed by atoms with Gasteiger partial charge in [-0.25, -0.2) is 9.59 Å². The molecule has 5 heteroatoms. The lowest BCUT2D eigenvalue weighted by molar-refractivity contribution is -0.153. The lowest BCUT2D eigenvalue weighted by Crippen LogP contribution is -2.29. The van der Waals surface area contributed by atoms with Gasteiger partial charge in [0.05, 0.1) is 13.2 Å². The van der Waals surface area contributed by atoms with Crippen LogP contribution in [0.3, 0.4) is 0 Å². The number of allylic oxidation sites excluding steroid dienone is 1. The molecule has 0 aliphatic rings. The fourth-order valence-corrected chi connectivity index (χ4v) is 1.97. The van der Waals surface area contributed by atoms with E-state index in [1.54, 1.807) is 13.0 Å². The number of unbranched alkanes of at least 4 members (excludes halogenated alkanes) is 1. The molecule has 0 heterocycles. The second kappa shape index (κ2) is 10.3. The molecular formula is C17H28O5. The summed E-state index contributed by atoms with van der Waals surface area (Å²) in [4.78, 5) is 22.9. The summed E-state index contributed by atoms with van der Waals surface area (Å²) < 4.78 is 4.63. The third-order valence-corrected chi connectivity index (χ3v) is 3.71. The first kappa shape index (κ1) is 20.5. The zero-order chi connectivity index (χ0) is 17.2. The first-order chi connectivity index (χ1) is 10.3. The van der Waals surface area contributed by atoms with Gasteiger partial charge in [0.1, 0.15) is 0 Å². The van der Waals surface area contributed by atoms with E-state index >= 15 is 0 Å². The third-order valence-electron chi connectivity index (χ3n) is 3.71. The van der Waals surface area contributed by atoms with Crippen molar-refractivity contribution in [2.75, 3.05) is 13.2 Å². The molecule has 0 amide bonds. The van der Waals surface area contributed by atoms with Gasteiger partial charge in [-0.1, -0.05) is 32.4 Å². The minimum atomic E-state index is -0.735. The molecule has 2 N–H and O–H groups in total. The second-order valence-electron chi connectivity index (χ2n) is 5.80. The molecule has 126 valence electrons. The number of esters is 2. The largest absolute Gasteiger partial charge is 0.396 e.